The van der Waals surface area contributed by atoms with E-state index in [9.17, 15) is 0 Å². The van der Waals surface area contributed by atoms with E-state index in [1.54, 1.807) is 0 Å². The lowest BCUT2D eigenvalue weighted by molar-refractivity contribution is 0.173. The summed E-state index contributed by atoms with van der Waals surface area (Å²) in [6.45, 7) is 4.36. The topological polar surface area (TPSA) is 32.3 Å². The van der Waals surface area contributed by atoms with Crippen LogP contribution in [-0.4, -0.2) is 24.3 Å². The van der Waals surface area contributed by atoms with Crippen LogP contribution in [0.1, 0.15) is 26.7 Å². The van der Waals surface area contributed by atoms with E-state index in [2.05, 4.69) is 12.2 Å². The molecule has 0 rings (SSSR count). The Hall–Kier alpha value is -0.0800. The number of nitrogens with one attached hydrogen (secondary N) is 1. The van der Waals surface area contributed by atoms with E-state index < -0.39 is 0 Å². The number of aliphatic hydroxyl groups excluding tert-OH is 1. The first-order valence-electron chi connectivity index (χ1n) is 3.48. The van der Waals surface area contributed by atoms with Gasteiger partial charge in [0.1, 0.15) is 0 Å². The van der Waals surface area contributed by atoms with Gasteiger partial charge in [0.25, 0.3) is 0 Å². The van der Waals surface area contributed by atoms with Gasteiger partial charge in [0.05, 0.1) is 6.61 Å². The zero-order chi connectivity index (χ0) is 7.33. The minimum absolute atomic E-state index is 0.0608. The van der Waals surface area contributed by atoms with Crippen LogP contribution in [-0.2, 0) is 0 Å². The van der Waals surface area contributed by atoms with E-state index in [1.807, 2.05) is 14.0 Å². The van der Waals surface area contributed by atoms with Crippen molar-refractivity contribution in [2.24, 2.45) is 0 Å². The maximum atomic E-state index is 8.85. The minimum atomic E-state index is -0.0608. The Kier molecular flexibility index (Phi) is 3.82. The number of hydrogen-bond donors (Lipinski definition) is 2. The number of aliphatic hydroxyl groups is 1. The molecule has 0 aliphatic rings. The summed E-state index contributed by atoms with van der Waals surface area (Å²) in [7, 11) is 1.88. The first-order chi connectivity index (χ1) is 4.18. The predicted molar refractivity (Wildman–Crippen MR) is 39.5 cm³/mol. The average molecular weight is 131 g/mol. The molecule has 2 N–H and O–H groups in total. The van der Waals surface area contributed by atoms with Gasteiger partial charge in [-0.1, -0.05) is 13.3 Å². The lowest BCUT2D eigenvalue weighted by atomic mass is 9.98. The molecule has 0 bridgehead atoms. The standard InChI is InChI=1S/C7H17NO/c1-4-5-7(2,6-9)8-3/h8-9H,4-6H2,1-3H3/t7-/m1/s1. The third-order valence-electron chi connectivity index (χ3n) is 1.75. The lowest BCUT2D eigenvalue weighted by Crippen LogP contribution is -2.43. The van der Waals surface area contributed by atoms with Gasteiger partial charge in [-0.3, -0.25) is 0 Å². The maximum Gasteiger partial charge on any atom is 0.0610 e. The smallest absolute Gasteiger partial charge is 0.0610 e. The van der Waals surface area contributed by atoms with E-state index in [1.165, 1.54) is 0 Å². The summed E-state index contributed by atoms with van der Waals surface area (Å²) < 4.78 is 0. The van der Waals surface area contributed by atoms with Crippen molar-refractivity contribution in [2.45, 2.75) is 32.2 Å². The number of rotatable bonds is 4. The second-order valence-electron chi connectivity index (χ2n) is 2.72. The zero-order valence-electron chi connectivity index (χ0n) is 6.57. The molecule has 0 heterocycles. The highest BCUT2D eigenvalue weighted by Gasteiger charge is 2.18. The van der Waals surface area contributed by atoms with Crippen molar-refractivity contribution >= 4 is 0 Å². The van der Waals surface area contributed by atoms with Gasteiger partial charge in [-0.15, -0.1) is 0 Å². The molecule has 0 radical (unpaired) electrons. The maximum absolute atomic E-state index is 8.85. The first kappa shape index (κ1) is 8.92. The summed E-state index contributed by atoms with van der Waals surface area (Å²) in [5.74, 6) is 0. The van der Waals surface area contributed by atoms with E-state index >= 15 is 0 Å². The third kappa shape index (κ3) is 2.82. The molecule has 0 amide bonds. The molecule has 0 aromatic rings. The third-order valence-corrected chi connectivity index (χ3v) is 1.75. The molecule has 1 atom stereocenters. The quantitative estimate of drug-likeness (QED) is 0.590. The van der Waals surface area contributed by atoms with Crippen LogP contribution < -0.4 is 5.32 Å². The Bertz CT molecular complexity index is 69.3. The van der Waals surface area contributed by atoms with Crippen LogP contribution in [0.5, 0.6) is 0 Å². The van der Waals surface area contributed by atoms with Crippen LogP contribution >= 0.6 is 0 Å². The van der Waals surface area contributed by atoms with Crippen molar-refractivity contribution in [1.82, 2.24) is 5.32 Å². The van der Waals surface area contributed by atoms with Crippen molar-refractivity contribution in [3.05, 3.63) is 0 Å². The van der Waals surface area contributed by atoms with Crippen molar-refractivity contribution in [2.75, 3.05) is 13.7 Å². The Morgan fingerprint density at radius 3 is 2.22 bits per heavy atom. The average Bonchev–Trinajstić information content (AvgIpc) is 1.89. The highest BCUT2D eigenvalue weighted by atomic mass is 16.3. The fourth-order valence-electron chi connectivity index (χ4n) is 0.835. The SMILES string of the molecule is CCC[C@](C)(CO)NC. The summed E-state index contributed by atoms with van der Waals surface area (Å²) in [5, 5.41) is 11.9. The minimum Gasteiger partial charge on any atom is -0.394 e. The first-order valence-corrected chi connectivity index (χ1v) is 3.48. The second-order valence-corrected chi connectivity index (χ2v) is 2.72. The van der Waals surface area contributed by atoms with Gasteiger partial charge < -0.3 is 10.4 Å². The Morgan fingerprint density at radius 1 is 1.56 bits per heavy atom. The van der Waals surface area contributed by atoms with Crippen LogP contribution in [0.2, 0.25) is 0 Å². The molecule has 0 saturated carbocycles. The molecule has 2 nitrogen and oxygen atoms in total. The van der Waals surface area contributed by atoms with Gasteiger partial charge in [0, 0.05) is 5.54 Å². The number of likely N-dealkylation sites (N-methyl/N-ethyl adjacent to an activating group) is 1. The highest BCUT2D eigenvalue weighted by Crippen LogP contribution is 2.09. The molecule has 0 aromatic carbocycles. The summed E-state index contributed by atoms with van der Waals surface area (Å²) in [4.78, 5) is 0. The molecule has 0 unspecified atom stereocenters. The molecule has 0 saturated heterocycles. The van der Waals surface area contributed by atoms with Gasteiger partial charge in [-0.2, -0.15) is 0 Å². The largest absolute Gasteiger partial charge is 0.394 e. The van der Waals surface area contributed by atoms with Gasteiger partial charge in [0.15, 0.2) is 0 Å². The Labute approximate surface area is 57.3 Å². The van der Waals surface area contributed by atoms with Crippen molar-refractivity contribution in [1.29, 1.82) is 0 Å². The lowest BCUT2D eigenvalue weighted by Gasteiger charge is -2.25. The molecule has 56 valence electrons. The van der Waals surface area contributed by atoms with E-state index in [4.69, 9.17) is 5.11 Å². The van der Waals surface area contributed by atoms with Gasteiger partial charge in [-0.25, -0.2) is 0 Å². The fraction of sp³-hybridized carbons (Fsp3) is 1.00. The summed E-state index contributed by atoms with van der Waals surface area (Å²) in [5.41, 5.74) is -0.0608. The van der Waals surface area contributed by atoms with Crippen molar-refractivity contribution in [3.8, 4) is 0 Å². The number of hydrogen-bond acceptors (Lipinski definition) is 2. The molecule has 0 aliphatic heterocycles. The molecular weight excluding hydrogens is 114 g/mol. The molecule has 0 aliphatic carbocycles. The monoisotopic (exact) mass is 131 g/mol. The molecule has 0 aromatic heterocycles. The normalized spacial score (nSPS) is 17.3. The molecule has 9 heavy (non-hydrogen) atoms. The van der Waals surface area contributed by atoms with E-state index in [0.29, 0.717) is 0 Å². The van der Waals surface area contributed by atoms with Crippen LogP contribution in [0, 0.1) is 0 Å². The van der Waals surface area contributed by atoms with Crippen LogP contribution in [0.3, 0.4) is 0 Å². The van der Waals surface area contributed by atoms with Crippen molar-refractivity contribution in [3.63, 3.8) is 0 Å². The fourth-order valence-corrected chi connectivity index (χ4v) is 0.835. The second kappa shape index (κ2) is 3.85. The molecule has 0 spiro atoms. The van der Waals surface area contributed by atoms with Crippen molar-refractivity contribution < 1.29 is 5.11 Å². The highest BCUT2D eigenvalue weighted by molar-refractivity contribution is 4.79. The predicted octanol–water partition coefficient (Wildman–Crippen LogP) is 0.757. The summed E-state index contributed by atoms with van der Waals surface area (Å²) in [6.07, 6.45) is 2.14. The van der Waals surface area contributed by atoms with E-state index in [-0.39, 0.29) is 12.1 Å². The molecule has 2 heteroatoms. The van der Waals surface area contributed by atoms with Gasteiger partial charge >= 0.3 is 0 Å². The molecular formula is C7H17NO. The van der Waals surface area contributed by atoms with Crippen LogP contribution in [0.15, 0.2) is 0 Å². The van der Waals surface area contributed by atoms with Gasteiger partial charge in [0.2, 0.25) is 0 Å². The molecule has 0 fully saturated rings. The van der Waals surface area contributed by atoms with Crippen LogP contribution in [0.25, 0.3) is 0 Å². The zero-order valence-corrected chi connectivity index (χ0v) is 6.57. The Morgan fingerprint density at radius 2 is 2.11 bits per heavy atom. The van der Waals surface area contributed by atoms with Gasteiger partial charge in [-0.05, 0) is 20.4 Å². The van der Waals surface area contributed by atoms with Crippen LogP contribution in [0.4, 0.5) is 0 Å². The van der Waals surface area contributed by atoms with E-state index in [0.717, 1.165) is 12.8 Å². The summed E-state index contributed by atoms with van der Waals surface area (Å²) in [6, 6.07) is 0. The summed E-state index contributed by atoms with van der Waals surface area (Å²) >= 11 is 0. The Balaban J connectivity index is 3.62.